The van der Waals surface area contributed by atoms with Gasteiger partial charge in [0.15, 0.2) is 15.6 Å². The molecule has 0 bridgehead atoms. The van der Waals surface area contributed by atoms with E-state index in [9.17, 15) is 8.42 Å². The zero-order chi connectivity index (χ0) is 17.0. The van der Waals surface area contributed by atoms with Gasteiger partial charge in [-0.25, -0.2) is 13.4 Å². The lowest BCUT2D eigenvalue weighted by atomic mass is 10.3. The van der Waals surface area contributed by atoms with Gasteiger partial charge in [-0.05, 0) is 25.0 Å². The highest BCUT2D eigenvalue weighted by Gasteiger charge is 2.20. The summed E-state index contributed by atoms with van der Waals surface area (Å²) < 4.78 is 34.8. The minimum absolute atomic E-state index is 0.0443. The molecule has 0 aliphatic carbocycles. The third-order valence-corrected chi connectivity index (χ3v) is 5.64. The van der Waals surface area contributed by atoms with Gasteiger partial charge in [0.05, 0.1) is 22.7 Å². The minimum Gasteiger partial charge on any atom is -0.461 e. The second-order valence-electron chi connectivity index (χ2n) is 5.36. The van der Waals surface area contributed by atoms with Crippen molar-refractivity contribution in [2.45, 2.75) is 37.7 Å². The molecule has 24 heavy (non-hydrogen) atoms. The number of sulfone groups is 1. The molecule has 0 aliphatic rings. The van der Waals surface area contributed by atoms with E-state index < -0.39 is 9.84 Å². The molecule has 0 spiro atoms. The van der Waals surface area contributed by atoms with Crippen molar-refractivity contribution in [1.29, 1.82) is 0 Å². The standard InChI is InChI=1S/C15H17N3O4S2/c1-2-3-6-14-16-11(8-23-14)9-24(19,20)10-13-17-15(18-22-13)12-5-4-7-21-12/h4-5,7-8H,2-3,6,9-10H2,1H3. The molecule has 3 aromatic heterocycles. The van der Waals surface area contributed by atoms with Crippen molar-refractivity contribution in [1.82, 2.24) is 15.1 Å². The number of thiazole rings is 1. The third kappa shape index (κ3) is 4.30. The van der Waals surface area contributed by atoms with Crippen molar-refractivity contribution >= 4 is 21.2 Å². The maximum Gasteiger partial charge on any atom is 0.242 e. The first-order valence-electron chi connectivity index (χ1n) is 7.56. The van der Waals surface area contributed by atoms with Crippen molar-refractivity contribution in [3.8, 4) is 11.6 Å². The molecule has 128 valence electrons. The quantitative estimate of drug-likeness (QED) is 0.602. The SMILES string of the molecule is CCCCc1nc(CS(=O)(=O)Cc2nc(-c3ccco3)no2)cs1. The molecule has 0 amide bonds. The van der Waals surface area contributed by atoms with Gasteiger partial charge in [-0.3, -0.25) is 0 Å². The summed E-state index contributed by atoms with van der Waals surface area (Å²) >= 11 is 1.50. The van der Waals surface area contributed by atoms with Gasteiger partial charge >= 0.3 is 0 Å². The summed E-state index contributed by atoms with van der Waals surface area (Å²) in [5, 5.41) is 6.50. The van der Waals surface area contributed by atoms with Crippen LogP contribution in [0.1, 0.15) is 36.4 Å². The molecule has 0 unspecified atom stereocenters. The number of hydrogen-bond donors (Lipinski definition) is 0. The highest BCUT2D eigenvalue weighted by Crippen LogP contribution is 2.19. The maximum absolute atomic E-state index is 12.3. The molecule has 0 aliphatic heterocycles. The highest BCUT2D eigenvalue weighted by atomic mass is 32.2. The van der Waals surface area contributed by atoms with E-state index in [0.29, 0.717) is 11.5 Å². The Morgan fingerprint density at radius 2 is 2.12 bits per heavy atom. The number of aryl methyl sites for hydroxylation is 1. The van der Waals surface area contributed by atoms with Crippen LogP contribution < -0.4 is 0 Å². The minimum atomic E-state index is -3.43. The summed E-state index contributed by atoms with van der Waals surface area (Å²) in [5.74, 6) is 0.266. The average molecular weight is 367 g/mol. The second kappa shape index (κ2) is 7.27. The van der Waals surface area contributed by atoms with E-state index in [1.54, 1.807) is 17.5 Å². The number of furan rings is 1. The fourth-order valence-electron chi connectivity index (χ4n) is 2.14. The summed E-state index contributed by atoms with van der Waals surface area (Å²) in [6.07, 6.45) is 4.51. The lowest BCUT2D eigenvalue weighted by Crippen LogP contribution is -2.08. The van der Waals surface area contributed by atoms with Gasteiger partial charge in [0, 0.05) is 5.38 Å². The Labute approximate surface area is 143 Å². The van der Waals surface area contributed by atoms with Crippen molar-refractivity contribution in [3.63, 3.8) is 0 Å². The fourth-order valence-corrected chi connectivity index (χ4v) is 4.28. The van der Waals surface area contributed by atoms with Crippen LogP contribution in [0.4, 0.5) is 0 Å². The van der Waals surface area contributed by atoms with E-state index in [0.717, 1.165) is 24.3 Å². The molecule has 0 radical (unpaired) electrons. The Balaban J connectivity index is 1.64. The van der Waals surface area contributed by atoms with Crippen LogP contribution in [0.3, 0.4) is 0 Å². The first-order chi connectivity index (χ1) is 11.6. The van der Waals surface area contributed by atoms with Gasteiger partial charge in [0.1, 0.15) is 5.75 Å². The summed E-state index contributed by atoms with van der Waals surface area (Å²) in [4.78, 5) is 8.43. The van der Waals surface area contributed by atoms with Crippen molar-refractivity contribution in [3.05, 3.63) is 40.4 Å². The molecule has 9 heteroatoms. The predicted molar refractivity (Wildman–Crippen MR) is 89.1 cm³/mol. The van der Waals surface area contributed by atoms with E-state index in [1.165, 1.54) is 17.6 Å². The van der Waals surface area contributed by atoms with E-state index in [2.05, 4.69) is 22.0 Å². The van der Waals surface area contributed by atoms with Crippen LogP contribution in [0.15, 0.2) is 32.7 Å². The smallest absolute Gasteiger partial charge is 0.242 e. The summed E-state index contributed by atoms with van der Waals surface area (Å²) in [5.41, 5.74) is 0.567. The predicted octanol–water partition coefficient (Wildman–Crippen LogP) is 3.24. The van der Waals surface area contributed by atoms with Crippen LogP contribution in [-0.4, -0.2) is 23.5 Å². The van der Waals surface area contributed by atoms with Crippen LogP contribution in [0.2, 0.25) is 0 Å². The molecule has 0 saturated carbocycles. The van der Waals surface area contributed by atoms with E-state index in [1.807, 2.05) is 0 Å². The molecule has 3 rings (SSSR count). The van der Waals surface area contributed by atoms with Crippen molar-refractivity contribution < 1.29 is 17.4 Å². The van der Waals surface area contributed by atoms with E-state index in [4.69, 9.17) is 8.94 Å². The maximum atomic E-state index is 12.3. The molecule has 3 aromatic rings. The van der Waals surface area contributed by atoms with Gasteiger partial charge in [0.25, 0.3) is 0 Å². The number of unbranched alkanes of at least 4 members (excludes halogenated alkanes) is 1. The van der Waals surface area contributed by atoms with Crippen LogP contribution in [-0.2, 0) is 27.8 Å². The van der Waals surface area contributed by atoms with Gasteiger partial charge in [0.2, 0.25) is 11.7 Å². The lowest BCUT2D eigenvalue weighted by molar-refractivity contribution is 0.388. The number of nitrogens with zero attached hydrogens (tertiary/aromatic N) is 3. The van der Waals surface area contributed by atoms with E-state index in [-0.39, 0.29) is 23.2 Å². The molecule has 3 heterocycles. The Morgan fingerprint density at radius 1 is 1.25 bits per heavy atom. The zero-order valence-corrected chi connectivity index (χ0v) is 14.8. The monoisotopic (exact) mass is 367 g/mol. The molecule has 0 fully saturated rings. The molecule has 0 N–H and O–H groups in total. The molecule has 0 saturated heterocycles. The summed E-state index contributed by atoms with van der Waals surface area (Å²) in [6.45, 7) is 2.11. The molecular formula is C15H17N3O4S2. The first kappa shape index (κ1) is 16.8. The lowest BCUT2D eigenvalue weighted by Gasteiger charge is -1.98. The summed E-state index contributed by atoms with van der Waals surface area (Å²) in [6, 6.07) is 3.37. The van der Waals surface area contributed by atoms with Gasteiger partial charge < -0.3 is 8.94 Å². The van der Waals surface area contributed by atoms with Gasteiger partial charge in [-0.2, -0.15) is 4.98 Å². The summed E-state index contributed by atoms with van der Waals surface area (Å²) in [7, 11) is -3.43. The van der Waals surface area contributed by atoms with Crippen LogP contribution in [0.5, 0.6) is 0 Å². The van der Waals surface area contributed by atoms with Crippen molar-refractivity contribution in [2.75, 3.05) is 0 Å². The van der Waals surface area contributed by atoms with E-state index >= 15 is 0 Å². The Morgan fingerprint density at radius 3 is 2.88 bits per heavy atom. The van der Waals surface area contributed by atoms with Gasteiger partial charge in [-0.15, -0.1) is 11.3 Å². The van der Waals surface area contributed by atoms with Crippen molar-refractivity contribution in [2.24, 2.45) is 0 Å². The molecule has 0 aromatic carbocycles. The Hall–Kier alpha value is -2.00. The fraction of sp³-hybridized carbons (Fsp3) is 0.400. The number of aromatic nitrogens is 3. The second-order valence-corrected chi connectivity index (χ2v) is 8.36. The number of rotatable bonds is 8. The Bertz CT molecular complexity index is 882. The van der Waals surface area contributed by atoms with Crippen LogP contribution in [0.25, 0.3) is 11.6 Å². The molecule has 7 nitrogen and oxygen atoms in total. The third-order valence-electron chi connectivity index (χ3n) is 3.26. The normalized spacial score (nSPS) is 11.9. The zero-order valence-electron chi connectivity index (χ0n) is 13.1. The largest absolute Gasteiger partial charge is 0.461 e. The van der Waals surface area contributed by atoms with Crippen LogP contribution in [0, 0.1) is 0 Å². The Kier molecular flexibility index (Phi) is 5.10. The number of hydrogen-bond acceptors (Lipinski definition) is 8. The average Bonchev–Trinajstić information content (AvgIpc) is 3.25. The van der Waals surface area contributed by atoms with Crippen LogP contribution >= 0.6 is 11.3 Å². The molecule has 0 atom stereocenters. The first-order valence-corrected chi connectivity index (χ1v) is 10.3. The molecular weight excluding hydrogens is 350 g/mol. The highest BCUT2D eigenvalue weighted by molar-refractivity contribution is 7.89. The van der Waals surface area contributed by atoms with Gasteiger partial charge in [-0.1, -0.05) is 18.5 Å². The topological polar surface area (TPSA) is 99.1 Å².